The molecule has 1 aromatic heterocycles. The number of benzene rings is 2. The van der Waals surface area contributed by atoms with E-state index >= 15 is 0 Å². The fourth-order valence-electron chi connectivity index (χ4n) is 4.91. The van der Waals surface area contributed by atoms with Gasteiger partial charge in [-0.3, -0.25) is 9.69 Å². The molecule has 190 valence electrons. The van der Waals surface area contributed by atoms with Gasteiger partial charge in [0.05, 0.1) is 12.2 Å². The molecule has 2 heterocycles. The Morgan fingerprint density at radius 1 is 1.11 bits per heavy atom. The molecule has 1 N–H and O–H groups in total. The quantitative estimate of drug-likeness (QED) is 0.303. The zero-order valence-electron chi connectivity index (χ0n) is 21.3. The number of oxazole rings is 1. The van der Waals surface area contributed by atoms with E-state index < -0.39 is 6.04 Å². The molecule has 7 nitrogen and oxygen atoms in total. The number of rotatable bonds is 10. The standard InChI is InChI=1S/C29H35N3O4/c1-4-11-22-16-17-32(18-25(33)28-20(2)30-21(3)35-28)19-26(22)36-29(34)27(23-12-7-5-8-13-23)31-24-14-9-6-10-15-24/h5-10,12-15,22,26-27,31H,4,11,16-19H2,1-3H3. The van der Waals surface area contributed by atoms with Gasteiger partial charge in [0.1, 0.15) is 6.10 Å². The largest absolute Gasteiger partial charge is 0.459 e. The number of nitrogens with one attached hydrogen (secondary N) is 1. The highest BCUT2D eigenvalue weighted by molar-refractivity contribution is 5.96. The predicted octanol–water partition coefficient (Wildman–Crippen LogP) is 5.36. The summed E-state index contributed by atoms with van der Waals surface area (Å²) < 4.78 is 11.7. The number of esters is 1. The zero-order chi connectivity index (χ0) is 25.5. The Balaban J connectivity index is 1.49. The molecular formula is C29H35N3O4. The molecule has 0 radical (unpaired) electrons. The van der Waals surface area contributed by atoms with Crippen molar-refractivity contribution in [2.75, 3.05) is 25.0 Å². The molecule has 1 aliphatic heterocycles. The van der Waals surface area contributed by atoms with Gasteiger partial charge in [-0.2, -0.15) is 0 Å². The van der Waals surface area contributed by atoms with Crippen molar-refractivity contribution in [3.63, 3.8) is 0 Å². The number of para-hydroxylation sites is 1. The molecule has 2 aromatic carbocycles. The van der Waals surface area contributed by atoms with Gasteiger partial charge in [0, 0.05) is 19.2 Å². The number of carbonyl (C=O) groups excluding carboxylic acids is 2. The van der Waals surface area contributed by atoms with Crippen LogP contribution in [-0.4, -0.2) is 47.4 Å². The highest BCUT2D eigenvalue weighted by Crippen LogP contribution is 2.28. The topological polar surface area (TPSA) is 84.7 Å². The molecule has 1 aliphatic rings. The van der Waals surface area contributed by atoms with Crippen LogP contribution in [0.2, 0.25) is 0 Å². The van der Waals surface area contributed by atoms with Crippen LogP contribution in [0.4, 0.5) is 5.69 Å². The number of carbonyl (C=O) groups is 2. The smallest absolute Gasteiger partial charge is 0.333 e. The summed E-state index contributed by atoms with van der Waals surface area (Å²) in [6.45, 7) is 7.18. The maximum absolute atomic E-state index is 13.6. The fourth-order valence-corrected chi connectivity index (χ4v) is 4.91. The van der Waals surface area contributed by atoms with Gasteiger partial charge < -0.3 is 14.5 Å². The van der Waals surface area contributed by atoms with Gasteiger partial charge in [0.25, 0.3) is 0 Å². The molecule has 3 atom stereocenters. The average molecular weight is 490 g/mol. The fraction of sp³-hybridized carbons (Fsp3) is 0.414. The molecule has 1 fully saturated rings. The monoisotopic (exact) mass is 489 g/mol. The van der Waals surface area contributed by atoms with Crippen molar-refractivity contribution in [1.82, 2.24) is 9.88 Å². The maximum atomic E-state index is 13.6. The molecule has 3 aromatic rings. The molecule has 0 amide bonds. The molecule has 1 saturated heterocycles. The molecule has 4 rings (SSSR count). The Morgan fingerprint density at radius 2 is 1.81 bits per heavy atom. The Kier molecular flexibility index (Phi) is 8.54. The van der Waals surface area contributed by atoms with E-state index in [0.717, 1.165) is 37.1 Å². The molecule has 7 heteroatoms. The molecule has 0 bridgehead atoms. The van der Waals surface area contributed by atoms with E-state index in [0.29, 0.717) is 23.9 Å². The van der Waals surface area contributed by atoms with Crippen molar-refractivity contribution >= 4 is 17.4 Å². The third kappa shape index (κ3) is 6.40. The van der Waals surface area contributed by atoms with Crippen molar-refractivity contribution in [1.29, 1.82) is 0 Å². The number of ether oxygens (including phenoxy) is 1. The third-order valence-electron chi connectivity index (χ3n) is 6.68. The molecule has 0 spiro atoms. The number of piperidine rings is 1. The van der Waals surface area contributed by atoms with Gasteiger partial charge in [0.2, 0.25) is 5.78 Å². The van der Waals surface area contributed by atoms with Gasteiger partial charge >= 0.3 is 5.97 Å². The summed E-state index contributed by atoms with van der Waals surface area (Å²) in [6, 6.07) is 18.7. The SMILES string of the molecule is CCCC1CCN(CC(=O)c2oc(C)nc2C)CC1OC(=O)C(Nc1ccccc1)c1ccccc1. The van der Waals surface area contributed by atoms with E-state index in [1.54, 1.807) is 13.8 Å². The minimum Gasteiger partial charge on any atom is -0.459 e. The van der Waals surface area contributed by atoms with Crippen molar-refractivity contribution in [3.8, 4) is 0 Å². The van der Waals surface area contributed by atoms with E-state index in [1.807, 2.05) is 60.7 Å². The lowest BCUT2D eigenvalue weighted by Crippen LogP contribution is -2.48. The van der Waals surface area contributed by atoms with Crippen LogP contribution in [-0.2, 0) is 9.53 Å². The zero-order valence-corrected chi connectivity index (χ0v) is 21.3. The third-order valence-corrected chi connectivity index (χ3v) is 6.68. The van der Waals surface area contributed by atoms with Crippen LogP contribution in [0.3, 0.4) is 0 Å². The van der Waals surface area contributed by atoms with Crippen LogP contribution in [0.25, 0.3) is 0 Å². The lowest BCUT2D eigenvalue weighted by atomic mass is 9.89. The first-order valence-corrected chi connectivity index (χ1v) is 12.7. The van der Waals surface area contributed by atoms with Crippen LogP contribution in [0, 0.1) is 19.8 Å². The number of likely N-dealkylation sites (tertiary alicyclic amines) is 1. The molecule has 0 aliphatic carbocycles. The lowest BCUT2D eigenvalue weighted by molar-refractivity contribution is -0.156. The molecule has 36 heavy (non-hydrogen) atoms. The number of hydrogen-bond donors (Lipinski definition) is 1. The lowest BCUT2D eigenvalue weighted by Gasteiger charge is -2.38. The van der Waals surface area contributed by atoms with Crippen LogP contribution < -0.4 is 5.32 Å². The highest BCUT2D eigenvalue weighted by atomic mass is 16.5. The first-order chi connectivity index (χ1) is 17.4. The number of nitrogens with zero attached hydrogens (tertiary/aromatic N) is 2. The molecule has 0 saturated carbocycles. The van der Waals surface area contributed by atoms with Crippen LogP contribution in [0.15, 0.2) is 65.1 Å². The average Bonchev–Trinajstić information content (AvgIpc) is 3.23. The first kappa shape index (κ1) is 25.6. The Labute approximate surface area is 212 Å². The second-order valence-corrected chi connectivity index (χ2v) is 9.47. The first-order valence-electron chi connectivity index (χ1n) is 12.7. The summed E-state index contributed by atoms with van der Waals surface area (Å²) in [5.41, 5.74) is 2.30. The number of aromatic nitrogens is 1. The summed E-state index contributed by atoms with van der Waals surface area (Å²) in [7, 11) is 0. The second-order valence-electron chi connectivity index (χ2n) is 9.47. The van der Waals surface area contributed by atoms with Crippen molar-refractivity contribution in [3.05, 3.63) is 83.6 Å². The van der Waals surface area contributed by atoms with Crippen molar-refractivity contribution in [2.24, 2.45) is 5.92 Å². The summed E-state index contributed by atoms with van der Waals surface area (Å²) in [5.74, 6) is 0.647. The summed E-state index contributed by atoms with van der Waals surface area (Å²) >= 11 is 0. The van der Waals surface area contributed by atoms with Gasteiger partial charge in [-0.25, -0.2) is 9.78 Å². The summed E-state index contributed by atoms with van der Waals surface area (Å²) in [4.78, 5) is 32.7. The number of aryl methyl sites for hydroxylation is 2. The summed E-state index contributed by atoms with van der Waals surface area (Å²) in [6.07, 6.45) is 2.57. The van der Waals surface area contributed by atoms with Gasteiger partial charge in [0.15, 0.2) is 17.7 Å². The molecular weight excluding hydrogens is 454 g/mol. The summed E-state index contributed by atoms with van der Waals surface area (Å²) in [5, 5.41) is 3.34. The predicted molar refractivity (Wildman–Crippen MR) is 139 cm³/mol. The maximum Gasteiger partial charge on any atom is 0.333 e. The highest BCUT2D eigenvalue weighted by Gasteiger charge is 2.35. The number of anilines is 1. The Morgan fingerprint density at radius 3 is 2.44 bits per heavy atom. The second kappa shape index (κ2) is 12.0. The van der Waals surface area contributed by atoms with Crippen molar-refractivity contribution < 1.29 is 18.7 Å². The van der Waals surface area contributed by atoms with E-state index in [1.165, 1.54) is 0 Å². The van der Waals surface area contributed by atoms with Gasteiger partial charge in [-0.15, -0.1) is 0 Å². The van der Waals surface area contributed by atoms with Gasteiger partial charge in [-0.1, -0.05) is 61.9 Å². The number of ketones is 1. The van der Waals surface area contributed by atoms with E-state index in [-0.39, 0.29) is 30.3 Å². The number of hydrogen-bond acceptors (Lipinski definition) is 7. The van der Waals surface area contributed by atoms with Crippen LogP contribution in [0.5, 0.6) is 0 Å². The van der Waals surface area contributed by atoms with E-state index in [4.69, 9.17) is 9.15 Å². The Hall–Kier alpha value is -3.45. The minimum absolute atomic E-state index is 0.0972. The Bertz CT molecular complexity index is 1150. The van der Waals surface area contributed by atoms with Crippen molar-refractivity contribution in [2.45, 2.75) is 52.2 Å². The van der Waals surface area contributed by atoms with Crippen LogP contribution in [0.1, 0.15) is 59.9 Å². The van der Waals surface area contributed by atoms with Gasteiger partial charge in [-0.05, 0) is 49.9 Å². The van der Waals surface area contributed by atoms with E-state index in [9.17, 15) is 9.59 Å². The van der Waals surface area contributed by atoms with E-state index in [2.05, 4.69) is 22.1 Å². The minimum atomic E-state index is -0.632. The number of Topliss-reactive ketones (excluding diaryl/α,β-unsaturated/α-hetero) is 1. The normalized spacial score (nSPS) is 19.0. The van der Waals surface area contributed by atoms with Crippen LogP contribution >= 0.6 is 0 Å². The molecule has 3 unspecified atom stereocenters.